The SMILES string of the molecule is Cn1cnnc1[C@H](c1cc(-c2ccns2)cc(-n2cc3c(C(F)(F)F)cccn3c2=O)c1)C1CCC1. The van der Waals surface area contributed by atoms with Crippen molar-refractivity contribution in [3.8, 4) is 16.1 Å². The normalized spacial score (nSPS) is 15.3. The summed E-state index contributed by atoms with van der Waals surface area (Å²) in [6, 6.07) is 9.88. The molecule has 4 aromatic heterocycles. The van der Waals surface area contributed by atoms with E-state index in [0.717, 1.165) is 51.6 Å². The highest BCUT2D eigenvalue weighted by molar-refractivity contribution is 7.09. The largest absolute Gasteiger partial charge is 0.418 e. The number of benzene rings is 1. The second-order valence-electron chi connectivity index (χ2n) is 9.12. The number of fused-ring (bicyclic) bond motifs is 1. The highest BCUT2D eigenvalue weighted by Gasteiger charge is 2.35. The molecule has 0 N–H and O–H groups in total. The molecule has 1 atom stereocenters. The van der Waals surface area contributed by atoms with Crippen molar-refractivity contribution < 1.29 is 13.2 Å². The van der Waals surface area contributed by atoms with E-state index in [1.54, 1.807) is 12.5 Å². The predicted molar refractivity (Wildman–Crippen MR) is 129 cm³/mol. The summed E-state index contributed by atoms with van der Waals surface area (Å²) < 4.78 is 49.4. The lowest BCUT2D eigenvalue weighted by atomic mass is 9.72. The monoisotopic (exact) mass is 510 g/mol. The molecule has 0 unspecified atom stereocenters. The van der Waals surface area contributed by atoms with Crippen molar-refractivity contribution in [2.75, 3.05) is 0 Å². The molecule has 36 heavy (non-hydrogen) atoms. The molecular formula is C25H21F3N6OS. The minimum Gasteiger partial charge on any atom is -0.320 e. The first kappa shape index (κ1) is 22.7. The van der Waals surface area contributed by atoms with Crippen LogP contribution in [0.2, 0.25) is 0 Å². The molecule has 0 amide bonds. The van der Waals surface area contributed by atoms with Crippen LogP contribution in [0.25, 0.3) is 21.6 Å². The first-order valence-electron chi connectivity index (χ1n) is 11.5. The Balaban J connectivity index is 1.59. The van der Waals surface area contributed by atoms with Gasteiger partial charge in [0.15, 0.2) is 0 Å². The van der Waals surface area contributed by atoms with E-state index in [1.165, 1.54) is 34.6 Å². The van der Waals surface area contributed by atoms with Gasteiger partial charge in [-0.05, 0) is 77.8 Å². The van der Waals surface area contributed by atoms with Crippen LogP contribution >= 0.6 is 11.5 Å². The van der Waals surface area contributed by atoms with Crippen LogP contribution in [0.15, 0.2) is 66.1 Å². The Morgan fingerprint density at radius 3 is 2.64 bits per heavy atom. The van der Waals surface area contributed by atoms with Gasteiger partial charge in [-0.25, -0.2) is 9.17 Å². The predicted octanol–water partition coefficient (Wildman–Crippen LogP) is 5.29. The fourth-order valence-corrected chi connectivity index (χ4v) is 5.56. The minimum atomic E-state index is -4.58. The fraction of sp³-hybridized carbons (Fsp3) is 0.280. The van der Waals surface area contributed by atoms with Gasteiger partial charge in [0, 0.05) is 31.6 Å². The van der Waals surface area contributed by atoms with Gasteiger partial charge in [-0.2, -0.15) is 13.2 Å². The van der Waals surface area contributed by atoms with E-state index < -0.39 is 17.4 Å². The van der Waals surface area contributed by atoms with Crippen molar-refractivity contribution in [3.63, 3.8) is 0 Å². The quantitative estimate of drug-likeness (QED) is 0.322. The van der Waals surface area contributed by atoms with E-state index in [2.05, 4.69) is 20.6 Å². The summed E-state index contributed by atoms with van der Waals surface area (Å²) in [6.07, 6.45) is 4.62. The second-order valence-corrected chi connectivity index (χ2v) is 9.95. The molecule has 1 aliphatic carbocycles. The molecule has 0 spiro atoms. The number of nitrogens with zero attached hydrogens (tertiary/aromatic N) is 6. The summed E-state index contributed by atoms with van der Waals surface area (Å²) in [7, 11) is 1.90. The van der Waals surface area contributed by atoms with Crippen molar-refractivity contribution >= 4 is 17.0 Å². The van der Waals surface area contributed by atoms with Crippen LogP contribution in [0.1, 0.15) is 42.1 Å². The summed E-state index contributed by atoms with van der Waals surface area (Å²) in [5, 5.41) is 8.46. The van der Waals surface area contributed by atoms with Crippen LogP contribution in [0.3, 0.4) is 0 Å². The van der Waals surface area contributed by atoms with E-state index in [4.69, 9.17) is 0 Å². The van der Waals surface area contributed by atoms with Gasteiger partial charge in [0.25, 0.3) is 0 Å². The van der Waals surface area contributed by atoms with Gasteiger partial charge < -0.3 is 4.57 Å². The summed E-state index contributed by atoms with van der Waals surface area (Å²) in [5.41, 5.74) is 0.658. The van der Waals surface area contributed by atoms with Crippen LogP contribution in [0.4, 0.5) is 13.2 Å². The molecule has 0 saturated heterocycles. The molecule has 0 aliphatic heterocycles. The molecule has 184 valence electrons. The van der Waals surface area contributed by atoms with E-state index in [-0.39, 0.29) is 11.4 Å². The van der Waals surface area contributed by atoms with Crippen molar-refractivity contribution in [2.24, 2.45) is 13.0 Å². The maximum atomic E-state index is 13.7. The maximum Gasteiger partial charge on any atom is 0.418 e. The first-order chi connectivity index (χ1) is 17.3. The molecule has 1 aliphatic rings. The Morgan fingerprint density at radius 2 is 2.00 bits per heavy atom. The molecule has 0 bridgehead atoms. The summed E-state index contributed by atoms with van der Waals surface area (Å²) >= 11 is 1.32. The topological polar surface area (TPSA) is 70.0 Å². The summed E-state index contributed by atoms with van der Waals surface area (Å²) in [4.78, 5) is 14.2. The zero-order valence-electron chi connectivity index (χ0n) is 19.2. The molecule has 0 radical (unpaired) electrons. The van der Waals surface area contributed by atoms with Crippen LogP contribution in [-0.4, -0.2) is 28.1 Å². The lowest BCUT2D eigenvalue weighted by molar-refractivity contribution is -0.136. The van der Waals surface area contributed by atoms with Crippen LogP contribution in [0.5, 0.6) is 0 Å². The summed E-state index contributed by atoms with van der Waals surface area (Å²) in [5.74, 6) is 1.12. The van der Waals surface area contributed by atoms with E-state index in [1.807, 2.05) is 29.8 Å². The zero-order chi connectivity index (χ0) is 25.0. The van der Waals surface area contributed by atoms with Gasteiger partial charge in [-0.15, -0.1) is 10.2 Å². The second kappa shape index (κ2) is 8.44. The van der Waals surface area contributed by atoms with Crippen LogP contribution in [-0.2, 0) is 13.2 Å². The highest BCUT2D eigenvalue weighted by atomic mass is 32.1. The highest BCUT2D eigenvalue weighted by Crippen LogP contribution is 2.44. The molecule has 1 saturated carbocycles. The molecule has 7 nitrogen and oxygen atoms in total. The maximum absolute atomic E-state index is 13.7. The minimum absolute atomic E-state index is 0.0589. The van der Waals surface area contributed by atoms with Gasteiger partial charge in [0.1, 0.15) is 12.2 Å². The Bertz CT molecular complexity index is 1610. The van der Waals surface area contributed by atoms with E-state index in [0.29, 0.717) is 11.6 Å². The number of alkyl halides is 3. The number of aryl methyl sites for hydroxylation is 1. The number of halogens is 3. The van der Waals surface area contributed by atoms with Gasteiger partial charge >= 0.3 is 11.9 Å². The van der Waals surface area contributed by atoms with Gasteiger partial charge in [-0.3, -0.25) is 8.97 Å². The Hall–Kier alpha value is -3.73. The average Bonchev–Trinajstić information content (AvgIpc) is 3.56. The van der Waals surface area contributed by atoms with Crippen molar-refractivity contribution in [3.05, 3.63) is 88.8 Å². The lowest BCUT2D eigenvalue weighted by Crippen LogP contribution is -2.24. The third-order valence-electron chi connectivity index (χ3n) is 6.95. The van der Waals surface area contributed by atoms with Gasteiger partial charge in [-0.1, -0.05) is 6.42 Å². The smallest absolute Gasteiger partial charge is 0.320 e. The molecule has 6 rings (SSSR count). The van der Waals surface area contributed by atoms with Crippen LogP contribution in [0, 0.1) is 5.92 Å². The first-order valence-corrected chi connectivity index (χ1v) is 12.3. The zero-order valence-corrected chi connectivity index (χ0v) is 20.0. The molecule has 11 heteroatoms. The van der Waals surface area contributed by atoms with Crippen molar-refractivity contribution in [1.29, 1.82) is 0 Å². The van der Waals surface area contributed by atoms with E-state index >= 15 is 0 Å². The average molecular weight is 511 g/mol. The standard InChI is InChI=1S/C25H21F3N6OS/c1-32-14-29-31-23(32)22(15-4-2-5-15)17-10-16(21-7-8-30-36-21)11-18(12-17)34-13-20-19(25(26,27)28)6-3-9-33(20)24(34)35/h3,6-15,22H,2,4-5H2,1H3/t22-/m0/s1. The number of aromatic nitrogens is 6. The number of hydrogen-bond donors (Lipinski definition) is 0. The Kier molecular flexibility index (Phi) is 5.32. The fourth-order valence-electron chi connectivity index (χ4n) is 4.98. The molecule has 4 heterocycles. The number of imidazole rings is 1. The van der Waals surface area contributed by atoms with Crippen LogP contribution < -0.4 is 5.69 Å². The summed E-state index contributed by atoms with van der Waals surface area (Å²) in [6.45, 7) is 0. The number of pyridine rings is 1. The molecule has 5 aromatic rings. The Morgan fingerprint density at radius 1 is 1.17 bits per heavy atom. The third-order valence-corrected chi connectivity index (χ3v) is 7.74. The Labute approximate surface area is 207 Å². The van der Waals surface area contributed by atoms with Gasteiger partial charge in [0.2, 0.25) is 0 Å². The van der Waals surface area contributed by atoms with Crippen molar-refractivity contribution in [2.45, 2.75) is 31.4 Å². The number of hydrogen-bond acceptors (Lipinski definition) is 5. The lowest BCUT2D eigenvalue weighted by Gasteiger charge is -2.33. The number of rotatable bonds is 5. The molecule has 1 aromatic carbocycles. The molecule has 1 fully saturated rings. The third kappa shape index (κ3) is 3.74. The van der Waals surface area contributed by atoms with Gasteiger partial charge in [0.05, 0.1) is 21.6 Å². The molecular weight excluding hydrogens is 489 g/mol. The van der Waals surface area contributed by atoms with E-state index in [9.17, 15) is 18.0 Å². The van der Waals surface area contributed by atoms with Crippen molar-refractivity contribution in [1.82, 2.24) is 28.1 Å².